The molecule has 0 aromatic heterocycles. The predicted octanol–water partition coefficient (Wildman–Crippen LogP) is 4.55. The maximum Gasteiger partial charge on any atom is 0.224 e. The number of carbonyl (C=O) groups excluding carboxylic acids is 2. The highest BCUT2D eigenvalue weighted by Gasteiger charge is 2.09. The Hall–Kier alpha value is -1.40. The Balaban J connectivity index is 1.86. The molecule has 3 nitrogen and oxygen atoms in total. The fourth-order valence-electron chi connectivity index (χ4n) is 1.80. The Morgan fingerprint density at radius 2 is 1.76 bits per heavy atom. The first-order chi connectivity index (χ1) is 10.0. The number of amides is 1. The second-order valence-corrected chi connectivity index (χ2v) is 6.17. The molecule has 0 spiro atoms. The molecule has 0 fully saturated rings. The monoisotopic (exact) mass is 413 g/mol. The number of hydrogen-bond donors (Lipinski definition) is 1. The van der Waals surface area contributed by atoms with Crippen LogP contribution in [0.25, 0.3) is 0 Å². The number of nitrogens with one attached hydrogen (secondary N) is 1. The fraction of sp³-hybridized carbons (Fsp3) is 0.125. The molecule has 0 bridgehead atoms. The van der Waals surface area contributed by atoms with E-state index < -0.39 is 0 Å². The summed E-state index contributed by atoms with van der Waals surface area (Å²) in [4.78, 5) is 23.8. The molecule has 1 amide bonds. The summed E-state index contributed by atoms with van der Waals surface area (Å²) >= 11 is 7.95. The van der Waals surface area contributed by atoms with Crippen molar-refractivity contribution in [2.75, 3.05) is 5.32 Å². The van der Waals surface area contributed by atoms with Gasteiger partial charge in [0.2, 0.25) is 5.91 Å². The average Bonchev–Trinajstić information content (AvgIpc) is 2.45. The zero-order valence-corrected chi connectivity index (χ0v) is 14.0. The highest BCUT2D eigenvalue weighted by atomic mass is 127. The first-order valence-electron chi connectivity index (χ1n) is 6.39. The minimum Gasteiger partial charge on any atom is -0.326 e. The van der Waals surface area contributed by atoms with Gasteiger partial charge in [-0.25, -0.2) is 0 Å². The van der Waals surface area contributed by atoms with Crippen LogP contribution in [-0.2, 0) is 4.79 Å². The summed E-state index contributed by atoms with van der Waals surface area (Å²) in [6.07, 6.45) is 0.338. The zero-order chi connectivity index (χ0) is 15.2. The van der Waals surface area contributed by atoms with Crippen molar-refractivity contribution in [2.45, 2.75) is 12.8 Å². The smallest absolute Gasteiger partial charge is 0.224 e. The van der Waals surface area contributed by atoms with Crippen molar-refractivity contribution in [3.05, 3.63) is 62.7 Å². The molecule has 5 heteroatoms. The van der Waals surface area contributed by atoms with Crippen LogP contribution in [0.4, 0.5) is 5.69 Å². The van der Waals surface area contributed by atoms with Crippen LogP contribution in [0.1, 0.15) is 23.2 Å². The Morgan fingerprint density at radius 1 is 1.05 bits per heavy atom. The van der Waals surface area contributed by atoms with Crippen molar-refractivity contribution in [2.24, 2.45) is 0 Å². The molecular formula is C16H13ClINO2. The molecule has 0 saturated carbocycles. The van der Waals surface area contributed by atoms with E-state index in [0.717, 1.165) is 9.26 Å². The van der Waals surface area contributed by atoms with Crippen LogP contribution in [0, 0.1) is 3.57 Å². The first kappa shape index (κ1) is 16.0. The molecule has 108 valence electrons. The maximum atomic E-state index is 11.9. The van der Waals surface area contributed by atoms with Crippen LogP contribution in [0.3, 0.4) is 0 Å². The maximum absolute atomic E-state index is 11.9. The number of benzene rings is 2. The Kier molecular flexibility index (Phi) is 5.76. The lowest BCUT2D eigenvalue weighted by Gasteiger charge is -2.05. The van der Waals surface area contributed by atoms with E-state index in [1.54, 1.807) is 24.3 Å². The Bertz CT molecular complexity index is 656. The molecule has 2 aromatic carbocycles. The third-order valence-electron chi connectivity index (χ3n) is 2.85. The number of ketones is 1. The number of halogens is 2. The number of Topliss-reactive ketones (excluding diaryl/α,β-unsaturated/α-hetero) is 1. The zero-order valence-electron chi connectivity index (χ0n) is 11.1. The SMILES string of the molecule is O=C(CCC(=O)c1ccc(Cl)cc1)Nc1cccc(I)c1. The second-order valence-electron chi connectivity index (χ2n) is 4.49. The third-order valence-corrected chi connectivity index (χ3v) is 3.78. The van der Waals surface area contributed by atoms with Gasteiger partial charge in [-0.2, -0.15) is 0 Å². The van der Waals surface area contributed by atoms with Crippen LogP contribution in [0.5, 0.6) is 0 Å². The van der Waals surface area contributed by atoms with Crippen molar-refractivity contribution >= 4 is 51.6 Å². The molecule has 0 unspecified atom stereocenters. The van der Waals surface area contributed by atoms with Gasteiger partial charge in [-0.3, -0.25) is 9.59 Å². The predicted molar refractivity (Wildman–Crippen MR) is 92.8 cm³/mol. The van der Waals surface area contributed by atoms with Gasteiger partial charge in [-0.05, 0) is 65.1 Å². The molecule has 0 aliphatic heterocycles. The van der Waals surface area contributed by atoms with Gasteiger partial charge in [-0.1, -0.05) is 17.7 Å². The molecule has 0 aliphatic rings. The fourth-order valence-corrected chi connectivity index (χ4v) is 2.47. The van der Waals surface area contributed by atoms with Crippen molar-refractivity contribution in [1.29, 1.82) is 0 Å². The largest absolute Gasteiger partial charge is 0.326 e. The number of hydrogen-bond acceptors (Lipinski definition) is 2. The normalized spacial score (nSPS) is 10.2. The number of rotatable bonds is 5. The summed E-state index contributed by atoms with van der Waals surface area (Å²) < 4.78 is 1.04. The summed E-state index contributed by atoms with van der Waals surface area (Å²) in [5.41, 5.74) is 1.31. The van der Waals surface area contributed by atoms with Gasteiger partial charge >= 0.3 is 0 Å². The second kappa shape index (κ2) is 7.56. The summed E-state index contributed by atoms with van der Waals surface area (Å²) in [7, 11) is 0. The van der Waals surface area contributed by atoms with Crippen molar-refractivity contribution < 1.29 is 9.59 Å². The highest BCUT2D eigenvalue weighted by Crippen LogP contribution is 2.14. The Labute approximate surface area is 141 Å². The summed E-state index contributed by atoms with van der Waals surface area (Å²) in [6, 6.07) is 14.2. The molecule has 0 heterocycles. The molecule has 0 saturated heterocycles. The minimum absolute atomic E-state index is 0.0653. The Morgan fingerprint density at radius 3 is 2.43 bits per heavy atom. The van der Waals surface area contributed by atoms with Crippen LogP contribution in [0.15, 0.2) is 48.5 Å². The lowest BCUT2D eigenvalue weighted by Crippen LogP contribution is -2.13. The summed E-state index contributed by atoms with van der Waals surface area (Å²) in [5.74, 6) is -0.233. The molecule has 21 heavy (non-hydrogen) atoms. The molecule has 0 radical (unpaired) electrons. The molecule has 2 aromatic rings. The van der Waals surface area contributed by atoms with Gasteiger partial charge in [0.15, 0.2) is 5.78 Å². The van der Waals surface area contributed by atoms with Crippen LogP contribution < -0.4 is 5.32 Å². The standard InChI is InChI=1S/C16H13ClINO2/c17-12-6-4-11(5-7-12)15(20)8-9-16(21)19-14-3-1-2-13(18)10-14/h1-7,10H,8-9H2,(H,19,21). The van der Waals surface area contributed by atoms with E-state index in [9.17, 15) is 9.59 Å². The molecule has 1 N–H and O–H groups in total. The van der Waals surface area contributed by atoms with Gasteiger partial charge in [0, 0.05) is 32.7 Å². The van der Waals surface area contributed by atoms with Gasteiger partial charge in [-0.15, -0.1) is 0 Å². The van der Waals surface area contributed by atoms with E-state index in [1.165, 1.54) is 0 Å². The van der Waals surface area contributed by atoms with Crippen LogP contribution >= 0.6 is 34.2 Å². The lowest BCUT2D eigenvalue weighted by molar-refractivity contribution is -0.116. The molecular weight excluding hydrogens is 401 g/mol. The third kappa shape index (κ3) is 5.13. The molecule has 0 atom stereocenters. The van der Waals surface area contributed by atoms with Gasteiger partial charge in [0.1, 0.15) is 0 Å². The van der Waals surface area contributed by atoms with Gasteiger partial charge in [0.25, 0.3) is 0 Å². The van der Waals surface area contributed by atoms with Crippen LogP contribution in [-0.4, -0.2) is 11.7 Å². The number of carbonyl (C=O) groups is 2. The molecule has 2 rings (SSSR count). The van der Waals surface area contributed by atoms with E-state index in [-0.39, 0.29) is 24.5 Å². The number of anilines is 1. The van der Waals surface area contributed by atoms with E-state index in [4.69, 9.17) is 11.6 Å². The minimum atomic E-state index is -0.167. The van der Waals surface area contributed by atoms with Crippen molar-refractivity contribution in [1.82, 2.24) is 0 Å². The summed E-state index contributed by atoms with van der Waals surface area (Å²) in [5, 5.41) is 3.37. The van der Waals surface area contributed by atoms with Gasteiger partial charge in [0.05, 0.1) is 0 Å². The highest BCUT2D eigenvalue weighted by molar-refractivity contribution is 14.1. The quantitative estimate of drug-likeness (QED) is 0.577. The van der Waals surface area contributed by atoms with E-state index in [2.05, 4.69) is 27.9 Å². The topological polar surface area (TPSA) is 46.2 Å². The van der Waals surface area contributed by atoms with E-state index in [0.29, 0.717) is 10.6 Å². The summed E-state index contributed by atoms with van der Waals surface area (Å²) in [6.45, 7) is 0. The van der Waals surface area contributed by atoms with Crippen molar-refractivity contribution in [3.63, 3.8) is 0 Å². The average molecular weight is 414 g/mol. The van der Waals surface area contributed by atoms with E-state index in [1.807, 2.05) is 24.3 Å². The molecule has 0 aliphatic carbocycles. The van der Waals surface area contributed by atoms with Gasteiger partial charge < -0.3 is 5.32 Å². The van der Waals surface area contributed by atoms with Crippen molar-refractivity contribution in [3.8, 4) is 0 Å². The first-order valence-corrected chi connectivity index (χ1v) is 7.84. The van der Waals surface area contributed by atoms with Crippen LogP contribution in [0.2, 0.25) is 5.02 Å². The lowest BCUT2D eigenvalue weighted by atomic mass is 10.1. The van der Waals surface area contributed by atoms with E-state index >= 15 is 0 Å².